The largest absolute Gasteiger partial charge is 0.309 e. The van der Waals surface area contributed by atoms with E-state index in [1.807, 2.05) is 29.7 Å². The summed E-state index contributed by atoms with van der Waals surface area (Å²) in [6.45, 7) is 0.682. The third-order valence-electron chi connectivity index (χ3n) is 10.6. The van der Waals surface area contributed by atoms with E-state index in [4.69, 9.17) is 4.99 Å². The van der Waals surface area contributed by atoms with E-state index in [2.05, 4.69) is 197 Å². The van der Waals surface area contributed by atoms with E-state index in [1.54, 1.807) is 0 Å². The summed E-state index contributed by atoms with van der Waals surface area (Å²) >= 11 is 1.88. The summed E-state index contributed by atoms with van der Waals surface area (Å²) in [6.07, 6.45) is 1.67. The highest BCUT2D eigenvalue weighted by atomic mass is 32.1. The Kier molecular flexibility index (Phi) is 9.02. The number of nitrogens with zero attached hydrogens (tertiary/aromatic N) is 2. The predicted octanol–water partition coefficient (Wildman–Crippen LogP) is 12.9. The first-order chi connectivity index (χ1) is 27.8. The number of aromatic nitrogens is 1. The number of para-hydroxylation sites is 1. The van der Waals surface area contributed by atoms with Crippen LogP contribution in [0.3, 0.4) is 0 Å². The minimum Gasteiger partial charge on any atom is -0.309 e. The van der Waals surface area contributed by atoms with Crippen LogP contribution in [0.15, 0.2) is 199 Å². The molecule has 1 unspecified atom stereocenters. The lowest BCUT2D eigenvalue weighted by atomic mass is 10.0. The molecule has 4 nitrogen and oxygen atoms in total. The normalized spacial score (nSPS) is 12.4. The van der Waals surface area contributed by atoms with Gasteiger partial charge in [0.25, 0.3) is 0 Å². The minimum absolute atomic E-state index is 0.299. The number of thiophene rings is 1. The molecule has 1 atom stereocenters. The second kappa shape index (κ2) is 14.9. The summed E-state index contributed by atoms with van der Waals surface area (Å²) in [6, 6.07) is 69.3. The number of aliphatic imine (C=N–C) groups is 1. The van der Waals surface area contributed by atoms with Crippen LogP contribution in [0.4, 0.5) is 0 Å². The lowest BCUT2D eigenvalue weighted by Gasteiger charge is -2.17. The Morgan fingerprint density at radius 1 is 0.536 bits per heavy atom. The van der Waals surface area contributed by atoms with Crippen molar-refractivity contribution in [2.45, 2.75) is 12.7 Å². The standard InChI is InChI=1S/C51H38N4S/c1-3-13-35(14-4-1)34-53-54-51(40-18-11-17-38(31-40)37-15-5-2-6-16-37)52-33-36-25-28-41(29-26-36)55-47-23-9-7-19-43(47)46-32-39(27-30-48(46)55)42-21-12-22-45-44-20-8-10-24-49(44)56-50(42)45/h1-33,51,53-54H,34H2/b52-33+. The fourth-order valence-electron chi connectivity index (χ4n) is 7.83. The summed E-state index contributed by atoms with van der Waals surface area (Å²) in [4.78, 5) is 5.09. The van der Waals surface area contributed by atoms with Gasteiger partial charge in [0.1, 0.15) is 6.17 Å². The van der Waals surface area contributed by atoms with Gasteiger partial charge in [-0.1, -0.05) is 152 Å². The van der Waals surface area contributed by atoms with Crippen molar-refractivity contribution in [1.29, 1.82) is 0 Å². The molecule has 268 valence electrons. The minimum atomic E-state index is -0.299. The van der Waals surface area contributed by atoms with Gasteiger partial charge in [-0.2, -0.15) is 0 Å². The van der Waals surface area contributed by atoms with Crippen molar-refractivity contribution in [2.24, 2.45) is 4.99 Å². The van der Waals surface area contributed by atoms with Crippen LogP contribution in [-0.2, 0) is 6.54 Å². The van der Waals surface area contributed by atoms with Crippen LogP contribution < -0.4 is 10.9 Å². The van der Waals surface area contributed by atoms with Gasteiger partial charge >= 0.3 is 0 Å². The summed E-state index contributed by atoms with van der Waals surface area (Å²) in [5, 5.41) is 5.13. The molecule has 10 rings (SSSR count). The number of benzene rings is 8. The molecule has 2 heterocycles. The summed E-state index contributed by atoms with van der Waals surface area (Å²) in [5.74, 6) is 0. The molecule has 0 aliphatic carbocycles. The highest BCUT2D eigenvalue weighted by Crippen LogP contribution is 2.41. The maximum Gasteiger partial charge on any atom is 0.137 e. The molecule has 0 radical (unpaired) electrons. The first-order valence-electron chi connectivity index (χ1n) is 19.0. The number of hydrogen-bond acceptors (Lipinski definition) is 4. The van der Waals surface area contributed by atoms with Gasteiger partial charge in [-0.15, -0.1) is 11.3 Å². The zero-order chi connectivity index (χ0) is 37.3. The van der Waals surface area contributed by atoms with E-state index >= 15 is 0 Å². The Morgan fingerprint density at radius 2 is 1.23 bits per heavy atom. The van der Waals surface area contributed by atoms with E-state index in [-0.39, 0.29) is 6.17 Å². The maximum absolute atomic E-state index is 5.09. The fourth-order valence-corrected chi connectivity index (χ4v) is 9.07. The van der Waals surface area contributed by atoms with Crippen LogP contribution in [0.25, 0.3) is 69.9 Å². The Morgan fingerprint density at radius 3 is 2.09 bits per heavy atom. The lowest BCUT2D eigenvalue weighted by molar-refractivity contribution is 0.449. The van der Waals surface area contributed by atoms with Crippen LogP contribution in [0.5, 0.6) is 0 Å². The number of hydrazine groups is 1. The second-order valence-corrected chi connectivity index (χ2v) is 15.2. The third-order valence-corrected chi connectivity index (χ3v) is 11.8. The highest BCUT2D eigenvalue weighted by Gasteiger charge is 2.16. The molecule has 0 aliphatic heterocycles. The van der Waals surface area contributed by atoms with Crippen molar-refractivity contribution < 1.29 is 0 Å². The highest BCUT2D eigenvalue weighted by molar-refractivity contribution is 7.26. The van der Waals surface area contributed by atoms with Crippen molar-refractivity contribution in [1.82, 2.24) is 15.4 Å². The molecule has 0 saturated heterocycles. The smallest absolute Gasteiger partial charge is 0.137 e. The lowest BCUT2D eigenvalue weighted by Crippen LogP contribution is -2.34. The molecular weight excluding hydrogens is 701 g/mol. The second-order valence-electron chi connectivity index (χ2n) is 14.1. The molecule has 0 spiro atoms. The number of fused-ring (bicyclic) bond motifs is 6. The SMILES string of the molecule is C(=N\C(NNCc1ccccc1)c1cccc(-c2ccccc2)c1)/c1ccc(-n2c3ccccc3c3cc(-c4cccc5c4sc4ccccc45)ccc32)cc1. The van der Waals surface area contributed by atoms with E-state index in [9.17, 15) is 0 Å². The van der Waals surface area contributed by atoms with Gasteiger partial charge in [0, 0.05) is 49.4 Å². The number of nitrogens with one attached hydrogen (secondary N) is 2. The molecule has 0 bridgehead atoms. The zero-order valence-corrected chi connectivity index (χ0v) is 31.5. The Bertz CT molecular complexity index is 3000. The fraction of sp³-hybridized carbons (Fsp3) is 0.0392. The first kappa shape index (κ1) is 33.9. The van der Waals surface area contributed by atoms with Crippen LogP contribution in [0.1, 0.15) is 22.9 Å². The summed E-state index contributed by atoms with van der Waals surface area (Å²) in [7, 11) is 0. The van der Waals surface area contributed by atoms with E-state index in [1.165, 1.54) is 64.2 Å². The van der Waals surface area contributed by atoms with Crippen molar-refractivity contribution in [3.05, 3.63) is 211 Å². The monoisotopic (exact) mass is 738 g/mol. The van der Waals surface area contributed by atoms with Crippen molar-refractivity contribution >= 4 is 59.5 Å². The van der Waals surface area contributed by atoms with Crippen LogP contribution in [0, 0.1) is 0 Å². The van der Waals surface area contributed by atoms with Gasteiger partial charge in [0.05, 0.1) is 11.0 Å². The van der Waals surface area contributed by atoms with Crippen LogP contribution >= 0.6 is 11.3 Å². The van der Waals surface area contributed by atoms with Crippen molar-refractivity contribution in [3.63, 3.8) is 0 Å². The molecule has 0 saturated carbocycles. The Balaban J connectivity index is 0.971. The van der Waals surface area contributed by atoms with Gasteiger partial charge in [-0.05, 0) is 81.4 Å². The van der Waals surface area contributed by atoms with E-state index in [0.717, 1.165) is 22.4 Å². The topological polar surface area (TPSA) is 41.4 Å². The molecule has 10 aromatic rings. The zero-order valence-electron chi connectivity index (χ0n) is 30.6. The van der Waals surface area contributed by atoms with Crippen molar-refractivity contribution in [2.75, 3.05) is 0 Å². The van der Waals surface area contributed by atoms with Gasteiger partial charge in [-0.3, -0.25) is 10.4 Å². The van der Waals surface area contributed by atoms with Crippen molar-refractivity contribution in [3.8, 4) is 27.9 Å². The predicted molar refractivity (Wildman–Crippen MR) is 238 cm³/mol. The summed E-state index contributed by atoms with van der Waals surface area (Å²) in [5.41, 5.74) is 18.6. The average Bonchev–Trinajstić information content (AvgIpc) is 3.81. The van der Waals surface area contributed by atoms with Gasteiger partial charge in [0.2, 0.25) is 0 Å². The third kappa shape index (κ3) is 6.48. The van der Waals surface area contributed by atoms with Crippen LogP contribution in [0.2, 0.25) is 0 Å². The summed E-state index contributed by atoms with van der Waals surface area (Å²) < 4.78 is 5.04. The Hall–Kier alpha value is -6.63. The van der Waals surface area contributed by atoms with E-state index < -0.39 is 0 Å². The number of rotatable bonds is 10. The molecule has 5 heteroatoms. The van der Waals surface area contributed by atoms with Gasteiger partial charge in [-0.25, -0.2) is 5.43 Å². The van der Waals surface area contributed by atoms with Gasteiger partial charge in [0.15, 0.2) is 0 Å². The molecule has 2 aromatic heterocycles. The molecule has 0 fully saturated rings. The molecule has 56 heavy (non-hydrogen) atoms. The first-order valence-corrected chi connectivity index (χ1v) is 19.8. The van der Waals surface area contributed by atoms with Gasteiger partial charge < -0.3 is 4.57 Å². The Labute approximate surface area is 330 Å². The van der Waals surface area contributed by atoms with Crippen LogP contribution in [-0.4, -0.2) is 10.8 Å². The molecular formula is C51H38N4S. The molecule has 0 aliphatic rings. The molecule has 2 N–H and O–H groups in total. The average molecular weight is 739 g/mol. The molecule has 8 aromatic carbocycles. The number of hydrogen-bond donors (Lipinski definition) is 2. The van der Waals surface area contributed by atoms with E-state index in [0.29, 0.717) is 6.54 Å². The quantitative estimate of drug-likeness (QED) is 0.108. The molecule has 0 amide bonds. The maximum atomic E-state index is 5.09.